The van der Waals surface area contributed by atoms with E-state index in [1.165, 1.54) is 17.8 Å². The summed E-state index contributed by atoms with van der Waals surface area (Å²) in [4.78, 5) is 4.80. The molecule has 0 radical (unpaired) electrons. The lowest BCUT2D eigenvalue weighted by Gasteiger charge is -2.39. The fraction of sp³-hybridized carbons (Fsp3) is 0.273. The molecule has 0 spiro atoms. The Hall–Kier alpha value is -2.32. The Morgan fingerprint density at radius 2 is 1.63 bits per heavy atom. The second-order valence-corrected chi connectivity index (χ2v) is 9.40. The first kappa shape index (κ1) is 20.9. The van der Waals surface area contributed by atoms with E-state index in [1.807, 2.05) is 30.3 Å². The molecule has 0 saturated carbocycles. The van der Waals surface area contributed by atoms with Gasteiger partial charge in [-0.25, -0.2) is 13.1 Å². The van der Waals surface area contributed by atoms with Gasteiger partial charge in [-0.05, 0) is 48.5 Å². The van der Waals surface area contributed by atoms with E-state index in [2.05, 4.69) is 26.7 Å². The normalized spacial score (nSPS) is 16.5. The van der Waals surface area contributed by atoms with Gasteiger partial charge in [-0.1, -0.05) is 29.8 Å². The number of piperazine rings is 1. The lowest BCUT2D eigenvalue weighted by molar-refractivity contribution is 0.166. The van der Waals surface area contributed by atoms with Crippen LogP contribution in [-0.2, 0) is 10.0 Å². The first-order valence-corrected chi connectivity index (χ1v) is 11.7. The average Bonchev–Trinajstić information content (AvgIpc) is 3.30. The topological polar surface area (TPSA) is 65.8 Å². The highest BCUT2D eigenvalue weighted by molar-refractivity contribution is 7.89. The summed E-state index contributed by atoms with van der Waals surface area (Å²) in [7, 11) is -3.64. The maximum atomic E-state index is 12.7. The Labute approximate surface area is 182 Å². The van der Waals surface area contributed by atoms with Crippen molar-refractivity contribution in [2.75, 3.05) is 37.6 Å². The molecular weight excluding hydrogens is 422 g/mol. The molecule has 3 aromatic rings. The largest absolute Gasteiger partial charge is 0.468 e. The zero-order valence-electron chi connectivity index (χ0n) is 16.4. The van der Waals surface area contributed by atoms with Crippen LogP contribution in [0, 0.1) is 0 Å². The lowest BCUT2D eigenvalue weighted by atomic mass is 10.1. The molecule has 0 aliphatic carbocycles. The molecule has 1 fully saturated rings. The van der Waals surface area contributed by atoms with Crippen molar-refractivity contribution >= 4 is 27.3 Å². The number of furan rings is 1. The van der Waals surface area contributed by atoms with Crippen molar-refractivity contribution in [2.24, 2.45) is 0 Å². The van der Waals surface area contributed by atoms with Crippen molar-refractivity contribution in [2.45, 2.75) is 10.9 Å². The number of anilines is 1. The molecule has 4 rings (SSSR count). The number of benzene rings is 2. The van der Waals surface area contributed by atoms with Crippen molar-refractivity contribution in [3.8, 4) is 0 Å². The molecule has 1 atom stereocenters. The molecule has 1 saturated heterocycles. The Kier molecular flexibility index (Phi) is 6.43. The number of nitrogens with one attached hydrogen (secondary N) is 1. The zero-order chi connectivity index (χ0) is 21.0. The fourth-order valence-electron chi connectivity index (χ4n) is 3.71. The second-order valence-electron chi connectivity index (χ2n) is 7.20. The quantitative estimate of drug-likeness (QED) is 0.599. The SMILES string of the molecule is O=S(=O)(NCC(c1ccco1)N1CCN(c2ccccc2)CC1)c1ccc(Cl)cc1. The predicted molar refractivity (Wildman–Crippen MR) is 118 cm³/mol. The molecule has 0 bridgehead atoms. The lowest BCUT2D eigenvalue weighted by Crippen LogP contribution is -2.49. The van der Waals surface area contributed by atoms with Crippen molar-refractivity contribution in [3.05, 3.63) is 83.8 Å². The molecule has 2 aromatic carbocycles. The third-order valence-corrected chi connectivity index (χ3v) is 7.03. The minimum atomic E-state index is -3.64. The van der Waals surface area contributed by atoms with E-state index < -0.39 is 10.0 Å². The van der Waals surface area contributed by atoms with Crippen LogP contribution in [0.4, 0.5) is 5.69 Å². The first-order valence-electron chi connectivity index (χ1n) is 9.85. The molecule has 8 heteroatoms. The number of sulfonamides is 1. The van der Waals surface area contributed by atoms with Crippen LogP contribution in [0.3, 0.4) is 0 Å². The summed E-state index contributed by atoms with van der Waals surface area (Å²) in [6.07, 6.45) is 1.62. The van der Waals surface area contributed by atoms with Crippen LogP contribution in [0.1, 0.15) is 11.8 Å². The third kappa shape index (κ3) is 4.87. The molecule has 158 valence electrons. The molecule has 1 unspecified atom stereocenters. The van der Waals surface area contributed by atoms with Crippen LogP contribution in [0.5, 0.6) is 0 Å². The summed E-state index contributed by atoms with van der Waals surface area (Å²) >= 11 is 5.88. The van der Waals surface area contributed by atoms with Gasteiger partial charge in [0.2, 0.25) is 10.0 Å². The van der Waals surface area contributed by atoms with Gasteiger partial charge in [-0.2, -0.15) is 0 Å². The van der Waals surface area contributed by atoms with Crippen molar-refractivity contribution in [1.82, 2.24) is 9.62 Å². The van der Waals surface area contributed by atoms with Gasteiger partial charge >= 0.3 is 0 Å². The van der Waals surface area contributed by atoms with E-state index in [-0.39, 0.29) is 17.5 Å². The highest BCUT2D eigenvalue weighted by atomic mass is 35.5. The summed E-state index contributed by atoms with van der Waals surface area (Å²) in [6.45, 7) is 3.58. The van der Waals surface area contributed by atoms with E-state index in [1.54, 1.807) is 18.4 Å². The van der Waals surface area contributed by atoms with Crippen molar-refractivity contribution < 1.29 is 12.8 Å². The van der Waals surface area contributed by atoms with Gasteiger partial charge in [0.05, 0.1) is 17.2 Å². The van der Waals surface area contributed by atoms with Gasteiger partial charge < -0.3 is 9.32 Å². The van der Waals surface area contributed by atoms with Crippen LogP contribution in [0.25, 0.3) is 0 Å². The van der Waals surface area contributed by atoms with Crippen LogP contribution in [-0.4, -0.2) is 46.0 Å². The summed E-state index contributed by atoms with van der Waals surface area (Å²) in [5.74, 6) is 0.752. The van der Waals surface area contributed by atoms with Gasteiger partial charge in [0.15, 0.2) is 0 Å². The van der Waals surface area contributed by atoms with E-state index in [0.29, 0.717) is 5.02 Å². The monoisotopic (exact) mass is 445 g/mol. The Morgan fingerprint density at radius 3 is 2.27 bits per heavy atom. The van der Waals surface area contributed by atoms with E-state index in [0.717, 1.165) is 31.9 Å². The molecule has 1 N–H and O–H groups in total. The van der Waals surface area contributed by atoms with Gasteiger partial charge in [0.1, 0.15) is 5.76 Å². The Bertz CT molecular complexity index is 1030. The minimum Gasteiger partial charge on any atom is -0.468 e. The molecule has 1 aliphatic rings. The fourth-order valence-corrected chi connectivity index (χ4v) is 4.87. The van der Waals surface area contributed by atoms with E-state index in [4.69, 9.17) is 16.0 Å². The number of hydrogen-bond acceptors (Lipinski definition) is 5. The van der Waals surface area contributed by atoms with Crippen LogP contribution < -0.4 is 9.62 Å². The molecule has 0 amide bonds. The smallest absolute Gasteiger partial charge is 0.240 e. The molecule has 30 heavy (non-hydrogen) atoms. The average molecular weight is 446 g/mol. The minimum absolute atomic E-state index is 0.181. The standard InChI is InChI=1S/C22H24ClN3O3S/c23-18-8-10-20(11-9-18)30(27,28)24-17-21(22-7-4-16-29-22)26-14-12-25(13-15-26)19-5-2-1-3-6-19/h1-11,16,21,24H,12-15,17H2. The maximum Gasteiger partial charge on any atom is 0.240 e. The molecule has 6 nitrogen and oxygen atoms in total. The van der Waals surface area contributed by atoms with Crippen molar-refractivity contribution in [1.29, 1.82) is 0 Å². The Balaban J connectivity index is 1.45. The van der Waals surface area contributed by atoms with E-state index in [9.17, 15) is 8.42 Å². The number of rotatable bonds is 7. The zero-order valence-corrected chi connectivity index (χ0v) is 18.0. The summed E-state index contributed by atoms with van der Waals surface area (Å²) in [5, 5.41) is 0.499. The molecule has 2 heterocycles. The summed E-state index contributed by atoms with van der Waals surface area (Å²) < 4.78 is 33.8. The van der Waals surface area contributed by atoms with Crippen LogP contribution in [0.15, 0.2) is 82.3 Å². The third-order valence-electron chi connectivity index (χ3n) is 5.34. The number of halogens is 1. The van der Waals surface area contributed by atoms with Crippen molar-refractivity contribution in [3.63, 3.8) is 0 Å². The van der Waals surface area contributed by atoms with Crippen LogP contribution in [0.2, 0.25) is 5.02 Å². The number of hydrogen-bond donors (Lipinski definition) is 1. The number of para-hydroxylation sites is 1. The first-order chi connectivity index (χ1) is 14.5. The van der Waals surface area contributed by atoms with Gasteiger partial charge in [0.25, 0.3) is 0 Å². The van der Waals surface area contributed by atoms with Gasteiger partial charge in [0, 0.05) is 43.4 Å². The second kappa shape index (κ2) is 9.22. The van der Waals surface area contributed by atoms with Crippen LogP contribution >= 0.6 is 11.6 Å². The number of nitrogens with zero attached hydrogens (tertiary/aromatic N) is 2. The van der Waals surface area contributed by atoms with Gasteiger partial charge in [-0.15, -0.1) is 0 Å². The predicted octanol–water partition coefficient (Wildman–Crippen LogP) is 3.77. The maximum absolute atomic E-state index is 12.7. The Morgan fingerprint density at radius 1 is 0.933 bits per heavy atom. The van der Waals surface area contributed by atoms with E-state index >= 15 is 0 Å². The highest BCUT2D eigenvalue weighted by Gasteiger charge is 2.28. The van der Waals surface area contributed by atoms with Gasteiger partial charge in [-0.3, -0.25) is 4.90 Å². The highest BCUT2D eigenvalue weighted by Crippen LogP contribution is 2.25. The molecular formula is C22H24ClN3O3S. The molecule has 1 aromatic heterocycles. The summed E-state index contributed by atoms with van der Waals surface area (Å²) in [6, 6.07) is 20.0. The summed E-state index contributed by atoms with van der Waals surface area (Å²) in [5.41, 5.74) is 1.20. The molecule has 1 aliphatic heterocycles.